The van der Waals surface area contributed by atoms with E-state index in [9.17, 15) is 14.7 Å². The lowest BCUT2D eigenvalue weighted by atomic mass is 9.92. The Balaban J connectivity index is 0.000000248. The molecular weight excluding hydrogens is 635 g/mol. The van der Waals surface area contributed by atoms with Crippen molar-refractivity contribution in [1.82, 2.24) is 10.3 Å². The summed E-state index contributed by atoms with van der Waals surface area (Å²) in [5.74, 6) is 1.12. The number of halogens is 2. The van der Waals surface area contributed by atoms with Gasteiger partial charge in [-0.1, -0.05) is 96.4 Å². The van der Waals surface area contributed by atoms with E-state index in [4.69, 9.17) is 35.2 Å². The van der Waals surface area contributed by atoms with Crippen molar-refractivity contribution < 1.29 is 26.7 Å². The molecule has 0 aliphatic heterocycles. The number of ketones is 2. The second-order valence-corrected chi connectivity index (χ2v) is 11.3. The van der Waals surface area contributed by atoms with Gasteiger partial charge in [0, 0.05) is 40.8 Å². The first kappa shape index (κ1) is 33.5. The molecule has 9 heteroatoms. The van der Waals surface area contributed by atoms with Crippen LogP contribution in [0.3, 0.4) is 0 Å². The van der Waals surface area contributed by atoms with Gasteiger partial charge in [0.15, 0.2) is 11.6 Å². The highest BCUT2D eigenvalue weighted by Gasteiger charge is 2.22. The molecule has 0 fully saturated rings. The molecule has 7 nitrogen and oxygen atoms in total. The summed E-state index contributed by atoms with van der Waals surface area (Å²) in [6.45, 7) is 5.39. The molecule has 242 valence electrons. The Kier molecular flexibility index (Phi) is 11.2. The number of hydrogen-bond acceptors (Lipinski definition) is 7. The van der Waals surface area contributed by atoms with Crippen LogP contribution < -0.4 is 0 Å². The lowest BCUT2D eigenvalue weighted by molar-refractivity contribution is 0.103. The van der Waals surface area contributed by atoms with Crippen molar-refractivity contribution in [2.75, 3.05) is 0 Å². The van der Waals surface area contributed by atoms with E-state index in [1.807, 2.05) is 50.2 Å². The third-order valence-electron chi connectivity index (χ3n) is 7.45. The number of aliphatic hydroxyl groups excluding tert-OH is 1. The molecule has 0 saturated heterocycles. The van der Waals surface area contributed by atoms with Crippen molar-refractivity contribution in [3.63, 3.8) is 0 Å². The number of aryl methyl sites for hydroxylation is 3. The van der Waals surface area contributed by atoms with Crippen molar-refractivity contribution >= 4 is 34.8 Å². The van der Waals surface area contributed by atoms with E-state index in [1.54, 1.807) is 67.6 Å². The second-order valence-electron chi connectivity index (χ2n) is 10.4. The average molecular weight is 674 g/mol. The zero-order valence-corrected chi connectivity index (χ0v) is 26.9. The van der Waals surface area contributed by atoms with Gasteiger partial charge in [-0.15, -0.1) is 0 Å². The maximum Gasteiger partial charge on any atom is 0.193 e. The Bertz CT molecular complexity index is 1860. The van der Waals surface area contributed by atoms with Gasteiger partial charge in [0.1, 0.15) is 17.2 Å². The maximum absolute atomic E-state index is 12.9. The minimum absolute atomic E-state index is 0. The number of nitrogens with zero attached hydrogens (tertiary/aromatic N) is 2. The van der Waals surface area contributed by atoms with Gasteiger partial charge in [0.25, 0.3) is 0 Å². The fraction of sp³-hybridized carbons (Fsp3) is 0.158. The van der Waals surface area contributed by atoms with Gasteiger partial charge in [-0.3, -0.25) is 9.59 Å². The SMILES string of the molecule is C.CCc1noc(C)c1-c1ccccc1C(=O)c1ccc(Cl)cc1.Cc1onc(CO)c1-c1ccccc1C(=O)c1ccc(Cl)cc1.[2H][2H]. The molecule has 0 amide bonds. The van der Waals surface area contributed by atoms with Gasteiger partial charge in [0.2, 0.25) is 0 Å². The van der Waals surface area contributed by atoms with E-state index >= 15 is 0 Å². The lowest BCUT2D eigenvalue weighted by Crippen LogP contribution is -2.04. The molecule has 0 radical (unpaired) electrons. The first-order chi connectivity index (χ1) is 23.2. The number of carbonyl (C=O) groups is 2. The topological polar surface area (TPSA) is 106 Å². The van der Waals surface area contributed by atoms with Gasteiger partial charge in [-0.2, -0.15) is 0 Å². The Morgan fingerprint density at radius 2 is 1.06 bits per heavy atom. The summed E-state index contributed by atoms with van der Waals surface area (Å²) in [6, 6.07) is 28.4. The number of benzene rings is 4. The Labute approximate surface area is 286 Å². The van der Waals surface area contributed by atoms with Crippen LogP contribution in [0.1, 0.15) is 72.1 Å². The van der Waals surface area contributed by atoms with Crippen LogP contribution in [-0.4, -0.2) is 27.0 Å². The number of aliphatic hydroxyl groups is 1. The van der Waals surface area contributed by atoms with Crippen LogP contribution in [0.15, 0.2) is 106 Å². The summed E-state index contributed by atoms with van der Waals surface area (Å²) in [4.78, 5) is 25.7. The lowest BCUT2D eigenvalue weighted by Gasteiger charge is -2.09. The number of rotatable bonds is 8. The summed E-state index contributed by atoms with van der Waals surface area (Å²) < 4.78 is 20.5. The third kappa shape index (κ3) is 7.60. The standard InChI is InChI=1S/C19H16ClNO2.C18H14ClNO3.CH4.H2/c1-3-17-18(12(2)23-21-17)15-6-4-5-7-16(15)19(22)13-8-10-14(20)11-9-13;1-11-17(16(10-21)20-23-11)14-4-2-3-5-15(14)18(22)12-6-8-13(19)9-7-12;;/h4-11H,3H2,1-2H3;2-9,21H,10H2,1H3;1H4;1H/i;;;1+1D. The predicted octanol–water partition coefficient (Wildman–Crippen LogP) is 10.0. The highest BCUT2D eigenvalue weighted by Crippen LogP contribution is 2.33. The Hall–Kier alpha value is -4.82. The molecule has 0 aliphatic rings. The largest absolute Gasteiger partial charge is 0.390 e. The third-order valence-corrected chi connectivity index (χ3v) is 7.95. The van der Waals surface area contributed by atoms with Crippen molar-refractivity contribution in [2.45, 2.75) is 41.2 Å². The highest BCUT2D eigenvalue weighted by molar-refractivity contribution is 6.31. The Morgan fingerprint density at radius 3 is 1.47 bits per heavy atom. The van der Waals surface area contributed by atoms with Crippen LogP contribution in [0.4, 0.5) is 0 Å². The van der Waals surface area contributed by atoms with Gasteiger partial charge >= 0.3 is 0 Å². The molecule has 0 spiro atoms. The summed E-state index contributed by atoms with van der Waals surface area (Å²) in [6.07, 6.45) is 0.746. The van der Waals surface area contributed by atoms with Crippen molar-refractivity contribution in [3.8, 4) is 22.3 Å². The molecule has 6 rings (SSSR count). The maximum atomic E-state index is 12.9. The number of carbonyl (C=O) groups excluding carboxylic acids is 2. The number of aromatic nitrogens is 2. The predicted molar refractivity (Wildman–Crippen MR) is 187 cm³/mol. The van der Waals surface area contributed by atoms with E-state index < -0.39 is 0 Å². The summed E-state index contributed by atoms with van der Waals surface area (Å²) in [7, 11) is 0. The molecule has 1 N–H and O–H groups in total. The molecule has 47 heavy (non-hydrogen) atoms. The molecule has 0 aliphatic carbocycles. The zero-order chi connectivity index (χ0) is 34.8. The Morgan fingerprint density at radius 1 is 0.681 bits per heavy atom. The molecule has 2 aromatic heterocycles. The fourth-order valence-corrected chi connectivity index (χ4v) is 5.44. The van der Waals surface area contributed by atoms with Crippen LogP contribution in [0, 0.1) is 13.8 Å². The summed E-state index contributed by atoms with van der Waals surface area (Å²) in [5.41, 5.74) is 6.69. The monoisotopic (exact) mass is 672 g/mol. The molecule has 4 aromatic carbocycles. The molecular formula is C38H36Cl2N2O5. The fourth-order valence-electron chi connectivity index (χ4n) is 5.19. The number of hydrogen-bond donors (Lipinski definition) is 1. The minimum Gasteiger partial charge on any atom is -0.390 e. The molecule has 6 aromatic rings. The molecule has 0 bridgehead atoms. The summed E-state index contributed by atoms with van der Waals surface area (Å²) >= 11 is 11.8. The quantitative estimate of drug-likeness (QED) is 0.160. The highest BCUT2D eigenvalue weighted by atomic mass is 35.5. The van der Waals surface area contributed by atoms with Crippen molar-refractivity contribution in [3.05, 3.63) is 152 Å². The summed E-state index contributed by atoms with van der Waals surface area (Å²) in [5, 5.41) is 18.6. The van der Waals surface area contributed by atoms with E-state index in [-0.39, 0.29) is 25.6 Å². The molecule has 0 unspecified atom stereocenters. The van der Waals surface area contributed by atoms with E-state index in [0.717, 1.165) is 29.0 Å². The van der Waals surface area contributed by atoms with Gasteiger partial charge < -0.3 is 14.2 Å². The van der Waals surface area contributed by atoms with E-state index in [1.165, 1.54) is 0 Å². The van der Waals surface area contributed by atoms with Crippen LogP contribution in [0.2, 0.25) is 10.0 Å². The van der Waals surface area contributed by atoms with Crippen LogP contribution in [0.25, 0.3) is 22.3 Å². The van der Waals surface area contributed by atoms with E-state index in [0.29, 0.717) is 54.9 Å². The first-order valence-electron chi connectivity index (χ1n) is 15.5. The van der Waals surface area contributed by atoms with Crippen molar-refractivity contribution in [1.29, 1.82) is 0 Å². The normalized spacial score (nSPS) is 10.7. The molecule has 2 heterocycles. The van der Waals surface area contributed by atoms with E-state index in [2.05, 4.69) is 10.3 Å². The average Bonchev–Trinajstić information content (AvgIpc) is 3.70. The van der Waals surface area contributed by atoms with Crippen molar-refractivity contribution in [2.24, 2.45) is 0 Å². The van der Waals surface area contributed by atoms with Crippen LogP contribution in [-0.2, 0) is 13.0 Å². The van der Waals surface area contributed by atoms with Crippen LogP contribution in [0.5, 0.6) is 0 Å². The zero-order valence-electron chi connectivity index (χ0n) is 27.4. The minimum atomic E-state index is -0.254. The second kappa shape index (κ2) is 15.6. The van der Waals surface area contributed by atoms with Gasteiger partial charge in [-0.05, 0) is 79.9 Å². The molecule has 0 atom stereocenters. The smallest absolute Gasteiger partial charge is 0.193 e. The van der Waals surface area contributed by atoms with Gasteiger partial charge in [-0.25, -0.2) is 0 Å². The first-order valence-corrected chi connectivity index (χ1v) is 15.3. The van der Waals surface area contributed by atoms with Crippen LogP contribution >= 0.6 is 23.2 Å². The van der Waals surface area contributed by atoms with Gasteiger partial charge in [0.05, 0.1) is 17.9 Å². The molecule has 0 saturated carbocycles.